The minimum atomic E-state index is -0.487. The van der Waals surface area contributed by atoms with Crippen LogP contribution in [-0.2, 0) is 6.61 Å². The number of carbonyl (C=O) groups excluding carboxylic acids is 2. The first-order valence-electron chi connectivity index (χ1n) is 9.99. The summed E-state index contributed by atoms with van der Waals surface area (Å²) >= 11 is 0. The van der Waals surface area contributed by atoms with Gasteiger partial charge in [0.1, 0.15) is 18.1 Å². The first kappa shape index (κ1) is 22.7. The number of hydrogen-bond donors (Lipinski definition) is 2. The predicted molar refractivity (Wildman–Crippen MR) is 116 cm³/mol. The van der Waals surface area contributed by atoms with Crippen LogP contribution in [0.25, 0.3) is 0 Å². The molecule has 0 unspecified atom stereocenters. The number of carbonyl (C=O) groups is 2. The van der Waals surface area contributed by atoms with Crippen LogP contribution < -0.4 is 25.1 Å². The number of hydrazine groups is 1. The van der Waals surface area contributed by atoms with E-state index < -0.39 is 11.8 Å². The molecule has 9 heteroatoms. The predicted octanol–water partition coefficient (Wildman–Crippen LogP) is 3.35. The molecular formula is C23H25N3O6. The number of nitrogens with one attached hydrogen (secondary N) is 2. The van der Waals surface area contributed by atoms with Gasteiger partial charge < -0.3 is 18.7 Å². The van der Waals surface area contributed by atoms with Gasteiger partial charge in [-0.25, -0.2) is 0 Å². The maximum absolute atomic E-state index is 12.4. The first-order chi connectivity index (χ1) is 15.4. The van der Waals surface area contributed by atoms with Crippen LogP contribution in [-0.4, -0.2) is 30.7 Å². The Morgan fingerprint density at radius 1 is 0.938 bits per heavy atom. The zero-order valence-electron chi connectivity index (χ0n) is 18.4. The van der Waals surface area contributed by atoms with Crippen molar-refractivity contribution in [2.45, 2.75) is 27.4 Å². The van der Waals surface area contributed by atoms with Crippen LogP contribution >= 0.6 is 0 Å². The number of aromatic nitrogens is 1. The molecule has 0 radical (unpaired) electrons. The molecule has 0 aliphatic carbocycles. The van der Waals surface area contributed by atoms with E-state index in [0.717, 1.165) is 11.3 Å². The SMILES string of the molecule is CCOc1ccc(C(=O)NNC(=O)c2ccc(OCc3c(C)noc3C)cc2)cc1OC. The van der Waals surface area contributed by atoms with E-state index in [-0.39, 0.29) is 0 Å². The van der Waals surface area contributed by atoms with E-state index in [1.807, 2.05) is 20.8 Å². The highest BCUT2D eigenvalue weighted by Crippen LogP contribution is 2.28. The highest BCUT2D eigenvalue weighted by molar-refractivity contribution is 5.99. The van der Waals surface area contributed by atoms with Gasteiger partial charge in [0.15, 0.2) is 11.5 Å². The van der Waals surface area contributed by atoms with E-state index in [9.17, 15) is 9.59 Å². The van der Waals surface area contributed by atoms with Crippen molar-refractivity contribution < 1.29 is 28.3 Å². The number of aryl methyl sites for hydroxylation is 2. The summed E-state index contributed by atoms with van der Waals surface area (Å²) in [6.07, 6.45) is 0. The molecule has 9 nitrogen and oxygen atoms in total. The fourth-order valence-electron chi connectivity index (χ4n) is 2.91. The van der Waals surface area contributed by atoms with Crippen LogP contribution in [0, 0.1) is 13.8 Å². The Balaban J connectivity index is 1.55. The van der Waals surface area contributed by atoms with Gasteiger partial charge in [0.25, 0.3) is 11.8 Å². The molecule has 0 bridgehead atoms. The molecule has 3 rings (SSSR count). The second-order valence-corrected chi connectivity index (χ2v) is 6.82. The number of hydrogen-bond acceptors (Lipinski definition) is 7. The van der Waals surface area contributed by atoms with Crippen molar-refractivity contribution in [3.8, 4) is 17.2 Å². The Kier molecular flexibility index (Phi) is 7.33. The van der Waals surface area contributed by atoms with Crippen molar-refractivity contribution in [3.05, 3.63) is 70.6 Å². The van der Waals surface area contributed by atoms with Crippen molar-refractivity contribution in [1.82, 2.24) is 16.0 Å². The van der Waals surface area contributed by atoms with Gasteiger partial charge in [-0.2, -0.15) is 0 Å². The number of rotatable bonds is 8. The molecule has 2 aromatic carbocycles. The summed E-state index contributed by atoms with van der Waals surface area (Å²) in [4.78, 5) is 24.7. The van der Waals surface area contributed by atoms with Crippen LogP contribution in [0.3, 0.4) is 0 Å². The van der Waals surface area contributed by atoms with E-state index in [1.54, 1.807) is 36.4 Å². The molecule has 0 saturated heterocycles. The fraction of sp³-hybridized carbons (Fsp3) is 0.261. The maximum Gasteiger partial charge on any atom is 0.269 e. The van der Waals surface area contributed by atoms with Crippen LogP contribution in [0.4, 0.5) is 0 Å². The molecule has 1 heterocycles. The Bertz CT molecular complexity index is 1070. The summed E-state index contributed by atoms with van der Waals surface area (Å²) in [6.45, 7) is 6.31. The third-order valence-electron chi connectivity index (χ3n) is 4.70. The monoisotopic (exact) mass is 439 g/mol. The Hall–Kier alpha value is -4.01. The highest BCUT2D eigenvalue weighted by Gasteiger charge is 2.13. The maximum atomic E-state index is 12.4. The summed E-state index contributed by atoms with van der Waals surface area (Å²) < 4.78 is 21.5. The normalized spacial score (nSPS) is 10.4. The van der Waals surface area contributed by atoms with E-state index in [1.165, 1.54) is 13.2 Å². The van der Waals surface area contributed by atoms with Crippen LogP contribution in [0.1, 0.15) is 44.7 Å². The number of nitrogens with zero attached hydrogens (tertiary/aromatic N) is 1. The standard InChI is InChI=1S/C23H25N3O6/c1-5-30-20-11-8-17(12-21(20)29-4)23(28)25-24-22(27)16-6-9-18(10-7-16)31-13-19-14(2)26-32-15(19)3/h6-12H,5,13H2,1-4H3,(H,24,27)(H,25,28). The van der Waals surface area contributed by atoms with Crippen molar-refractivity contribution in [1.29, 1.82) is 0 Å². The Morgan fingerprint density at radius 3 is 2.19 bits per heavy atom. The van der Waals surface area contributed by atoms with Gasteiger partial charge in [-0.3, -0.25) is 20.4 Å². The van der Waals surface area contributed by atoms with E-state index in [2.05, 4.69) is 16.0 Å². The van der Waals surface area contributed by atoms with Gasteiger partial charge in [-0.1, -0.05) is 5.16 Å². The lowest BCUT2D eigenvalue weighted by Crippen LogP contribution is -2.41. The summed E-state index contributed by atoms with van der Waals surface area (Å²) in [6, 6.07) is 11.3. The molecule has 1 aromatic heterocycles. The molecule has 2 N–H and O–H groups in total. The molecular weight excluding hydrogens is 414 g/mol. The lowest BCUT2D eigenvalue weighted by Gasteiger charge is -2.12. The zero-order chi connectivity index (χ0) is 23.1. The number of ether oxygens (including phenoxy) is 3. The minimum Gasteiger partial charge on any atom is -0.493 e. The zero-order valence-corrected chi connectivity index (χ0v) is 18.4. The van der Waals surface area contributed by atoms with Gasteiger partial charge in [-0.05, 0) is 63.2 Å². The third-order valence-corrected chi connectivity index (χ3v) is 4.70. The molecule has 0 atom stereocenters. The number of benzene rings is 2. The van der Waals surface area contributed by atoms with Crippen molar-refractivity contribution in [2.24, 2.45) is 0 Å². The molecule has 2 amide bonds. The second-order valence-electron chi connectivity index (χ2n) is 6.82. The lowest BCUT2D eigenvalue weighted by molar-refractivity contribution is 0.0846. The first-order valence-corrected chi connectivity index (χ1v) is 9.99. The van der Waals surface area contributed by atoms with E-state index >= 15 is 0 Å². The largest absolute Gasteiger partial charge is 0.493 e. The summed E-state index contributed by atoms with van der Waals surface area (Å²) in [5.74, 6) is 1.31. The Morgan fingerprint density at radius 2 is 1.59 bits per heavy atom. The van der Waals surface area contributed by atoms with Crippen molar-refractivity contribution in [2.75, 3.05) is 13.7 Å². The molecule has 0 saturated carbocycles. The molecule has 3 aromatic rings. The van der Waals surface area contributed by atoms with Crippen LogP contribution in [0.15, 0.2) is 47.0 Å². The van der Waals surface area contributed by atoms with Gasteiger partial charge >= 0.3 is 0 Å². The molecule has 168 valence electrons. The lowest BCUT2D eigenvalue weighted by atomic mass is 10.2. The molecule has 0 spiro atoms. The van der Waals surface area contributed by atoms with E-state index in [4.69, 9.17) is 18.7 Å². The minimum absolute atomic E-state index is 0.314. The molecule has 0 aliphatic heterocycles. The quantitative estimate of drug-likeness (QED) is 0.518. The van der Waals surface area contributed by atoms with Gasteiger partial charge in [0.05, 0.1) is 25.0 Å². The second kappa shape index (κ2) is 10.3. The topological polar surface area (TPSA) is 112 Å². The average molecular weight is 439 g/mol. The fourth-order valence-corrected chi connectivity index (χ4v) is 2.91. The van der Waals surface area contributed by atoms with Gasteiger partial charge in [-0.15, -0.1) is 0 Å². The van der Waals surface area contributed by atoms with E-state index in [0.29, 0.717) is 47.3 Å². The smallest absolute Gasteiger partial charge is 0.269 e. The highest BCUT2D eigenvalue weighted by atomic mass is 16.5. The average Bonchev–Trinajstić information content (AvgIpc) is 3.13. The van der Waals surface area contributed by atoms with Crippen molar-refractivity contribution in [3.63, 3.8) is 0 Å². The molecule has 0 aliphatic rings. The summed E-state index contributed by atoms with van der Waals surface area (Å²) in [7, 11) is 1.49. The summed E-state index contributed by atoms with van der Waals surface area (Å²) in [5.41, 5.74) is 7.12. The number of amides is 2. The number of methoxy groups -OCH3 is 1. The third kappa shape index (κ3) is 5.37. The summed E-state index contributed by atoms with van der Waals surface area (Å²) in [5, 5.41) is 3.89. The van der Waals surface area contributed by atoms with Crippen LogP contribution in [0.5, 0.6) is 17.2 Å². The van der Waals surface area contributed by atoms with Crippen LogP contribution in [0.2, 0.25) is 0 Å². The molecule has 0 fully saturated rings. The Labute approximate surface area is 185 Å². The van der Waals surface area contributed by atoms with Gasteiger partial charge in [0.2, 0.25) is 0 Å². The van der Waals surface area contributed by atoms with Gasteiger partial charge in [0, 0.05) is 11.1 Å². The van der Waals surface area contributed by atoms with Crippen molar-refractivity contribution >= 4 is 11.8 Å². The molecule has 32 heavy (non-hydrogen) atoms.